The average molecular weight is 297 g/mol. The summed E-state index contributed by atoms with van der Waals surface area (Å²) in [6.07, 6.45) is 4.44. The van der Waals surface area contributed by atoms with Crippen LogP contribution in [0, 0.1) is 5.92 Å². The molecule has 1 aromatic rings. The number of hydrogen-bond acceptors (Lipinski definition) is 6. The van der Waals surface area contributed by atoms with Gasteiger partial charge in [0, 0.05) is 12.3 Å². The quantitative estimate of drug-likeness (QED) is 0.681. The number of rotatable bonds is 8. The molecule has 1 saturated carbocycles. The summed E-state index contributed by atoms with van der Waals surface area (Å²) in [6.45, 7) is 2.93. The zero-order valence-electron chi connectivity index (χ0n) is 12.1. The summed E-state index contributed by atoms with van der Waals surface area (Å²) in [6, 6.07) is 3.58. The first kappa shape index (κ1) is 15.3. The first-order valence-electron chi connectivity index (χ1n) is 6.85. The summed E-state index contributed by atoms with van der Waals surface area (Å²) in [4.78, 5) is 4.36. The fraction of sp³-hybridized carbons (Fsp3) is 0.643. The number of aromatic nitrogens is 1. The van der Waals surface area contributed by atoms with Crippen molar-refractivity contribution in [2.45, 2.75) is 25.4 Å². The summed E-state index contributed by atoms with van der Waals surface area (Å²) < 4.78 is 5.64. The van der Waals surface area contributed by atoms with Crippen molar-refractivity contribution in [2.75, 3.05) is 36.2 Å². The number of hydrogen-bond donors (Lipinski definition) is 3. The van der Waals surface area contributed by atoms with Gasteiger partial charge >= 0.3 is 0 Å². The van der Waals surface area contributed by atoms with Gasteiger partial charge in [0.2, 0.25) is 5.88 Å². The van der Waals surface area contributed by atoms with Crippen LogP contribution in [0.4, 0.5) is 11.5 Å². The highest BCUT2D eigenvalue weighted by Crippen LogP contribution is 2.30. The maximum absolute atomic E-state index is 10.1. The van der Waals surface area contributed by atoms with Gasteiger partial charge in [-0.25, -0.2) is 0 Å². The van der Waals surface area contributed by atoms with Crippen molar-refractivity contribution in [2.24, 2.45) is 5.92 Å². The normalized spacial score (nSPS) is 17.6. The third-order valence-electron chi connectivity index (χ3n) is 3.15. The molecule has 6 heteroatoms. The predicted molar refractivity (Wildman–Crippen MR) is 84.4 cm³/mol. The first-order valence-corrected chi connectivity index (χ1v) is 8.24. The molecular formula is C14H23N3O2S. The summed E-state index contributed by atoms with van der Waals surface area (Å²) in [5.41, 5.74) is 5.64. The van der Waals surface area contributed by atoms with E-state index < -0.39 is 5.60 Å². The SMILES string of the molecule is CSCC(C)(O)CNc1ccc(N)c(OCC2CC2)n1. The van der Waals surface area contributed by atoms with E-state index in [1.165, 1.54) is 12.8 Å². The highest BCUT2D eigenvalue weighted by molar-refractivity contribution is 7.98. The lowest BCUT2D eigenvalue weighted by atomic mass is 10.1. The van der Waals surface area contributed by atoms with E-state index in [-0.39, 0.29) is 0 Å². The molecule has 0 saturated heterocycles. The summed E-state index contributed by atoms with van der Waals surface area (Å²) in [5.74, 6) is 2.48. The zero-order chi connectivity index (χ0) is 14.6. The molecule has 0 radical (unpaired) electrons. The fourth-order valence-electron chi connectivity index (χ4n) is 1.79. The molecule has 1 atom stereocenters. The predicted octanol–water partition coefficient (Wildman–Crippen LogP) is 1.98. The number of nitrogens with zero attached hydrogens (tertiary/aromatic N) is 1. The van der Waals surface area contributed by atoms with E-state index in [0.717, 1.165) is 0 Å². The molecule has 0 spiro atoms. The van der Waals surface area contributed by atoms with Crippen LogP contribution in [0.1, 0.15) is 19.8 Å². The van der Waals surface area contributed by atoms with Crippen molar-refractivity contribution in [3.05, 3.63) is 12.1 Å². The topological polar surface area (TPSA) is 80.4 Å². The molecule has 0 bridgehead atoms. The van der Waals surface area contributed by atoms with Crippen molar-refractivity contribution in [3.8, 4) is 5.88 Å². The Kier molecular flexibility index (Phi) is 4.99. The van der Waals surface area contributed by atoms with Gasteiger partial charge in [0.1, 0.15) is 5.82 Å². The third kappa shape index (κ3) is 4.76. The fourth-order valence-corrected chi connectivity index (χ4v) is 2.51. The second-order valence-corrected chi connectivity index (χ2v) is 6.49. The van der Waals surface area contributed by atoms with Gasteiger partial charge in [-0.3, -0.25) is 0 Å². The molecule has 1 aliphatic rings. The highest BCUT2D eigenvalue weighted by Gasteiger charge is 2.23. The van der Waals surface area contributed by atoms with Crippen molar-refractivity contribution in [3.63, 3.8) is 0 Å². The number of ether oxygens (including phenoxy) is 1. The van der Waals surface area contributed by atoms with E-state index in [1.54, 1.807) is 30.8 Å². The lowest BCUT2D eigenvalue weighted by Crippen LogP contribution is -2.36. The summed E-state index contributed by atoms with van der Waals surface area (Å²) >= 11 is 1.61. The molecule has 0 amide bonds. The number of aliphatic hydroxyl groups is 1. The van der Waals surface area contributed by atoms with Crippen LogP contribution in [-0.4, -0.2) is 40.9 Å². The van der Waals surface area contributed by atoms with Crippen molar-refractivity contribution in [1.29, 1.82) is 0 Å². The second-order valence-electron chi connectivity index (χ2n) is 5.63. The third-order valence-corrected chi connectivity index (χ3v) is 4.06. The monoisotopic (exact) mass is 297 g/mol. The van der Waals surface area contributed by atoms with Crippen LogP contribution in [0.15, 0.2) is 12.1 Å². The van der Waals surface area contributed by atoms with E-state index in [9.17, 15) is 5.11 Å². The van der Waals surface area contributed by atoms with Crippen LogP contribution >= 0.6 is 11.8 Å². The highest BCUT2D eigenvalue weighted by atomic mass is 32.2. The lowest BCUT2D eigenvalue weighted by molar-refractivity contribution is 0.0996. The molecule has 112 valence electrons. The van der Waals surface area contributed by atoms with E-state index in [1.807, 2.05) is 6.26 Å². The van der Waals surface area contributed by atoms with Gasteiger partial charge in [0.25, 0.3) is 0 Å². The van der Waals surface area contributed by atoms with Gasteiger partial charge in [-0.1, -0.05) is 0 Å². The smallest absolute Gasteiger partial charge is 0.239 e. The van der Waals surface area contributed by atoms with Gasteiger partial charge in [0.05, 0.1) is 17.9 Å². The minimum absolute atomic E-state index is 0.437. The standard InChI is InChI=1S/C14H23N3O2S/c1-14(18,9-20-2)8-16-12-6-5-11(15)13(17-12)19-7-10-3-4-10/h5-6,10,18H,3-4,7-9,15H2,1-2H3,(H,16,17). The van der Waals surface area contributed by atoms with Gasteiger partial charge in [-0.05, 0) is 44.1 Å². The van der Waals surface area contributed by atoms with E-state index in [4.69, 9.17) is 10.5 Å². The van der Waals surface area contributed by atoms with Gasteiger partial charge in [-0.2, -0.15) is 16.7 Å². The molecule has 20 heavy (non-hydrogen) atoms. The van der Waals surface area contributed by atoms with E-state index >= 15 is 0 Å². The Balaban J connectivity index is 1.92. The van der Waals surface area contributed by atoms with Crippen LogP contribution in [-0.2, 0) is 0 Å². The van der Waals surface area contributed by atoms with E-state index in [0.29, 0.717) is 42.2 Å². The molecule has 0 aromatic carbocycles. The number of nitrogens with one attached hydrogen (secondary N) is 1. The average Bonchev–Trinajstić information content (AvgIpc) is 3.20. The largest absolute Gasteiger partial charge is 0.476 e. The Morgan fingerprint density at radius 1 is 1.55 bits per heavy atom. The molecule has 4 N–H and O–H groups in total. The van der Waals surface area contributed by atoms with Crippen LogP contribution in [0.3, 0.4) is 0 Å². The molecule has 1 aromatic heterocycles. The molecule has 2 rings (SSSR count). The maximum Gasteiger partial charge on any atom is 0.239 e. The van der Waals surface area contributed by atoms with Gasteiger partial charge in [0.15, 0.2) is 0 Å². The van der Waals surface area contributed by atoms with E-state index in [2.05, 4.69) is 10.3 Å². The molecular weight excluding hydrogens is 274 g/mol. The van der Waals surface area contributed by atoms with Crippen LogP contribution in [0.2, 0.25) is 0 Å². The number of anilines is 2. The second kappa shape index (κ2) is 6.54. The number of nitrogen functional groups attached to an aromatic ring is 1. The summed E-state index contributed by atoms with van der Waals surface area (Å²) in [5, 5.41) is 13.2. The number of nitrogens with two attached hydrogens (primary N) is 1. The maximum atomic E-state index is 10.1. The minimum Gasteiger partial charge on any atom is -0.476 e. The Morgan fingerprint density at radius 3 is 2.95 bits per heavy atom. The van der Waals surface area contributed by atoms with Crippen LogP contribution in [0.25, 0.3) is 0 Å². The number of thioether (sulfide) groups is 1. The molecule has 0 aliphatic heterocycles. The summed E-state index contributed by atoms with van der Waals surface area (Å²) in [7, 11) is 0. The van der Waals surface area contributed by atoms with Gasteiger partial charge in [-0.15, -0.1) is 0 Å². The zero-order valence-corrected chi connectivity index (χ0v) is 12.9. The minimum atomic E-state index is -0.766. The van der Waals surface area contributed by atoms with Gasteiger partial charge < -0.3 is 20.9 Å². The molecule has 1 fully saturated rings. The van der Waals surface area contributed by atoms with Crippen molar-refractivity contribution >= 4 is 23.3 Å². The lowest BCUT2D eigenvalue weighted by Gasteiger charge is -2.23. The molecule has 1 unspecified atom stereocenters. The molecule has 5 nitrogen and oxygen atoms in total. The van der Waals surface area contributed by atoms with Crippen LogP contribution < -0.4 is 15.8 Å². The first-order chi connectivity index (χ1) is 9.50. The Morgan fingerprint density at radius 2 is 2.30 bits per heavy atom. The van der Waals surface area contributed by atoms with Crippen molar-refractivity contribution < 1.29 is 9.84 Å². The van der Waals surface area contributed by atoms with Crippen LogP contribution in [0.5, 0.6) is 5.88 Å². The Labute approximate surface area is 124 Å². The number of pyridine rings is 1. The van der Waals surface area contributed by atoms with Crippen molar-refractivity contribution in [1.82, 2.24) is 4.98 Å². The molecule has 1 aliphatic carbocycles. The molecule has 1 heterocycles. The Bertz CT molecular complexity index is 450. The Hall–Kier alpha value is -1.14.